The third-order valence-corrected chi connectivity index (χ3v) is 4.65. The van der Waals surface area contributed by atoms with E-state index in [9.17, 15) is 14.7 Å². The molecule has 0 aromatic carbocycles. The molecular formula is C16H30N2O3. The van der Waals surface area contributed by atoms with Crippen molar-refractivity contribution in [1.82, 2.24) is 10.2 Å². The first kappa shape index (κ1) is 17.8. The number of carboxylic acid groups (broad SMARTS) is 1. The molecule has 2 amide bonds. The topological polar surface area (TPSA) is 69.6 Å². The van der Waals surface area contributed by atoms with Crippen molar-refractivity contribution in [2.24, 2.45) is 17.3 Å². The molecule has 5 heteroatoms. The van der Waals surface area contributed by atoms with Gasteiger partial charge in [0.1, 0.15) is 0 Å². The van der Waals surface area contributed by atoms with Gasteiger partial charge in [0, 0.05) is 20.1 Å². The van der Waals surface area contributed by atoms with Gasteiger partial charge in [0.05, 0.1) is 5.41 Å². The van der Waals surface area contributed by atoms with Crippen molar-refractivity contribution >= 4 is 12.0 Å². The quantitative estimate of drug-likeness (QED) is 0.792. The van der Waals surface area contributed by atoms with Gasteiger partial charge in [-0.3, -0.25) is 4.79 Å². The Balaban J connectivity index is 2.50. The van der Waals surface area contributed by atoms with Crippen LogP contribution in [0.15, 0.2) is 0 Å². The van der Waals surface area contributed by atoms with Gasteiger partial charge in [-0.2, -0.15) is 0 Å². The molecule has 0 unspecified atom stereocenters. The zero-order valence-corrected chi connectivity index (χ0v) is 13.8. The van der Waals surface area contributed by atoms with E-state index >= 15 is 0 Å². The van der Waals surface area contributed by atoms with E-state index in [0.29, 0.717) is 31.2 Å². The molecular weight excluding hydrogens is 268 g/mol. The van der Waals surface area contributed by atoms with Crippen LogP contribution in [0.5, 0.6) is 0 Å². The van der Waals surface area contributed by atoms with Gasteiger partial charge in [-0.05, 0) is 43.9 Å². The van der Waals surface area contributed by atoms with Crippen LogP contribution in [-0.4, -0.2) is 42.1 Å². The molecule has 0 spiro atoms. The van der Waals surface area contributed by atoms with Crippen molar-refractivity contribution in [3.8, 4) is 0 Å². The third-order valence-electron chi connectivity index (χ3n) is 4.65. The highest BCUT2D eigenvalue weighted by atomic mass is 16.4. The number of hydrogen-bond donors (Lipinski definition) is 2. The van der Waals surface area contributed by atoms with Crippen LogP contribution in [0.1, 0.15) is 52.9 Å². The molecule has 1 aliphatic rings. The first-order valence-electron chi connectivity index (χ1n) is 7.99. The van der Waals surface area contributed by atoms with Crippen LogP contribution in [-0.2, 0) is 4.79 Å². The van der Waals surface area contributed by atoms with E-state index < -0.39 is 11.4 Å². The van der Waals surface area contributed by atoms with E-state index in [-0.39, 0.29) is 12.6 Å². The molecule has 5 nitrogen and oxygen atoms in total. The molecule has 0 aliphatic heterocycles. The Bertz CT molecular complexity index is 361. The SMILES string of the molecule is CC(C)CCN(C)C(=O)NCC1(C(=O)O)CCC(C)CC1. The average molecular weight is 298 g/mol. The zero-order chi connectivity index (χ0) is 16.0. The maximum atomic E-state index is 12.0. The molecule has 1 fully saturated rings. The number of nitrogens with zero attached hydrogens (tertiary/aromatic N) is 1. The maximum absolute atomic E-state index is 12.0. The monoisotopic (exact) mass is 298 g/mol. The lowest BCUT2D eigenvalue weighted by Gasteiger charge is -2.36. The predicted octanol–water partition coefficient (Wildman–Crippen LogP) is 2.96. The van der Waals surface area contributed by atoms with Crippen LogP contribution in [0, 0.1) is 17.3 Å². The molecule has 0 aromatic heterocycles. The fraction of sp³-hybridized carbons (Fsp3) is 0.875. The summed E-state index contributed by atoms with van der Waals surface area (Å²) in [6.45, 7) is 7.33. The standard InChI is InChI=1S/C16H30N2O3/c1-12(2)7-10-18(4)15(21)17-11-16(14(19)20)8-5-13(3)6-9-16/h12-13H,5-11H2,1-4H3,(H,17,21)(H,19,20). The second kappa shape index (κ2) is 7.66. The van der Waals surface area contributed by atoms with E-state index in [1.807, 2.05) is 0 Å². The number of carbonyl (C=O) groups excluding carboxylic acids is 1. The lowest BCUT2D eigenvalue weighted by atomic mass is 9.71. The number of nitrogens with one attached hydrogen (secondary N) is 1. The Hall–Kier alpha value is -1.26. The van der Waals surface area contributed by atoms with Gasteiger partial charge < -0.3 is 15.3 Å². The van der Waals surface area contributed by atoms with Crippen molar-refractivity contribution < 1.29 is 14.7 Å². The Morgan fingerprint density at radius 2 is 1.90 bits per heavy atom. The van der Waals surface area contributed by atoms with E-state index in [1.54, 1.807) is 11.9 Å². The van der Waals surface area contributed by atoms with Crippen LogP contribution in [0.3, 0.4) is 0 Å². The molecule has 0 radical (unpaired) electrons. The Labute approximate surface area is 128 Å². The van der Waals surface area contributed by atoms with Crippen LogP contribution in [0.2, 0.25) is 0 Å². The van der Waals surface area contributed by atoms with Gasteiger partial charge in [0.25, 0.3) is 0 Å². The van der Waals surface area contributed by atoms with Gasteiger partial charge in [0.15, 0.2) is 0 Å². The Morgan fingerprint density at radius 1 is 1.33 bits per heavy atom. The second-order valence-electron chi connectivity index (χ2n) is 7.03. The first-order valence-corrected chi connectivity index (χ1v) is 7.99. The van der Waals surface area contributed by atoms with Crippen molar-refractivity contribution in [3.05, 3.63) is 0 Å². The average Bonchev–Trinajstić information content (AvgIpc) is 2.43. The van der Waals surface area contributed by atoms with Crippen molar-refractivity contribution in [2.75, 3.05) is 20.1 Å². The first-order chi connectivity index (χ1) is 9.77. The van der Waals surface area contributed by atoms with Crippen molar-refractivity contribution in [1.29, 1.82) is 0 Å². The summed E-state index contributed by atoms with van der Waals surface area (Å²) in [6.07, 6.45) is 4.10. The number of aliphatic carboxylic acids is 1. The molecule has 0 bridgehead atoms. The van der Waals surface area contributed by atoms with E-state index in [4.69, 9.17) is 0 Å². The van der Waals surface area contributed by atoms with Gasteiger partial charge in [-0.15, -0.1) is 0 Å². The highest BCUT2D eigenvalue weighted by Crippen LogP contribution is 2.38. The zero-order valence-electron chi connectivity index (χ0n) is 13.8. The number of amides is 2. The summed E-state index contributed by atoms with van der Waals surface area (Å²) < 4.78 is 0. The van der Waals surface area contributed by atoms with Crippen LogP contribution in [0.4, 0.5) is 4.79 Å². The number of hydrogen-bond acceptors (Lipinski definition) is 2. The van der Waals surface area contributed by atoms with Crippen LogP contribution in [0.25, 0.3) is 0 Å². The fourth-order valence-electron chi connectivity index (χ4n) is 2.71. The molecule has 122 valence electrons. The highest BCUT2D eigenvalue weighted by molar-refractivity contribution is 5.78. The molecule has 21 heavy (non-hydrogen) atoms. The normalized spacial score (nSPS) is 25.7. The van der Waals surface area contributed by atoms with Gasteiger partial charge in [-0.25, -0.2) is 4.79 Å². The lowest BCUT2D eigenvalue weighted by molar-refractivity contribution is -0.151. The van der Waals surface area contributed by atoms with E-state index in [0.717, 1.165) is 19.3 Å². The van der Waals surface area contributed by atoms with Crippen molar-refractivity contribution in [2.45, 2.75) is 52.9 Å². The van der Waals surface area contributed by atoms with Crippen LogP contribution < -0.4 is 5.32 Å². The summed E-state index contributed by atoms with van der Waals surface area (Å²) in [7, 11) is 1.76. The summed E-state index contributed by atoms with van der Waals surface area (Å²) in [6, 6.07) is -0.171. The minimum atomic E-state index is -0.778. The molecule has 0 aromatic rings. The fourth-order valence-corrected chi connectivity index (χ4v) is 2.71. The van der Waals surface area contributed by atoms with E-state index in [2.05, 4.69) is 26.1 Å². The summed E-state index contributed by atoms with van der Waals surface area (Å²) in [5, 5.41) is 12.4. The van der Waals surface area contributed by atoms with E-state index in [1.165, 1.54) is 0 Å². The highest BCUT2D eigenvalue weighted by Gasteiger charge is 2.41. The molecule has 1 aliphatic carbocycles. The predicted molar refractivity (Wildman–Crippen MR) is 83.2 cm³/mol. The minimum absolute atomic E-state index is 0.171. The maximum Gasteiger partial charge on any atom is 0.317 e. The number of carbonyl (C=O) groups is 2. The Morgan fingerprint density at radius 3 is 2.38 bits per heavy atom. The summed E-state index contributed by atoms with van der Waals surface area (Å²) in [4.78, 5) is 25.3. The number of rotatable bonds is 6. The largest absolute Gasteiger partial charge is 0.481 e. The molecule has 0 atom stereocenters. The van der Waals surface area contributed by atoms with Crippen LogP contribution >= 0.6 is 0 Å². The Kier molecular flexibility index (Phi) is 6.49. The molecule has 0 heterocycles. The second-order valence-corrected chi connectivity index (χ2v) is 7.03. The van der Waals surface area contributed by atoms with Gasteiger partial charge >= 0.3 is 12.0 Å². The summed E-state index contributed by atoms with van der Waals surface area (Å²) in [5.74, 6) is 0.354. The molecule has 1 rings (SSSR count). The number of urea groups is 1. The summed E-state index contributed by atoms with van der Waals surface area (Å²) >= 11 is 0. The van der Waals surface area contributed by atoms with Crippen molar-refractivity contribution in [3.63, 3.8) is 0 Å². The molecule has 2 N–H and O–H groups in total. The molecule has 1 saturated carbocycles. The number of carboxylic acids is 1. The third kappa shape index (κ3) is 5.21. The smallest absolute Gasteiger partial charge is 0.317 e. The minimum Gasteiger partial charge on any atom is -0.481 e. The van der Waals surface area contributed by atoms with Gasteiger partial charge in [-0.1, -0.05) is 20.8 Å². The molecule has 0 saturated heterocycles. The summed E-state index contributed by atoms with van der Waals surface area (Å²) in [5.41, 5.74) is -0.777. The lowest BCUT2D eigenvalue weighted by Crippen LogP contribution is -2.48. The van der Waals surface area contributed by atoms with Gasteiger partial charge in [0.2, 0.25) is 0 Å².